The predicted molar refractivity (Wildman–Crippen MR) is 105 cm³/mol. The van der Waals surface area contributed by atoms with Gasteiger partial charge in [-0.3, -0.25) is 9.48 Å². The summed E-state index contributed by atoms with van der Waals surface area (Å²) in [6.07, 6.45) is 4.34. The Hall–Kier alpha value is -2.98. The second-order valence-electron chi connectivity index (χ2n) is 5.89. The highest BCUT2D eigenvalue weighted by molar-refractivity contribution is 7.92. The van der Waals surface area contributed by atoms with Crippen molar-refractivity contribution in [2.75, 3.05) is 10.0 Å². The molecule has 0 spiro atoms. The standard InChI is InChI=1S/C17H17ClN6O3S/c1-11-15(18)10-21-24(11)12(2)16(25)22-13-4-6-14(7-5-13)28(26,27)23-17-19-8-3-9-20-17/h3-10,12H,1-2H3,(H,22,25)(H,19,20,23). The van der Waals surface area contributed by atoms with Crippen molar-refractivity contribution in [2.24, 2.45) is 0 Å². The van der Waals surface area contributed by atoms with Gasteiger partial charge in [-0.05, 0) is 44.2 Å². The maximum absolute atomic E-state index is 12.4. The Morgan fingerprint density at radius 1 is 1.18 bits per heavy atom. The molecule has 3 rings (SSSR count). The molecule has 0 bridgehead atoms. The number of amides is 1. The number of sulfonamides is 1. The number of nitrogens with one attached hydrogen (secondary N) is 2. The van der Waals surface area contributed by atoms with Crippen molar-refractivity contribution in [3.8, 4) is 0 Å². The molecule has 0 aliphatic rings. The minimum Gasteiger partial charge on any atom is -0.324 e. The Morgan fingerprint density at radius 2 is 1.82 bits per heavy atom. The summed E-state index contributed by atoms with van der Waals surface area (Å²) in [6, 6.07) is 6.73. The second kappa shape index (κ2) is 7.95. The van der Waals surface area contributed by atoms with Crippen LogP contribution in [0.1, 0.15) is 18.7 Å². The topological polar surface area (TPSA) is 119 Å². The number of halogens is 1. The van der Waals surface area contributed by atoms with Crippen molar-refractivity contribution in [1.29, 1.82) is 0 Å². The Kier molecular flexibility index (Phi) is 5.61. The maximum Gasteiger partial charge on any atom is 0.264 e. The zero-order chi connectivity index (χ0) is 20.3. The number of anilines is 2. The van der Waals surface area contributed by atoms with Crippen LogP contribution in [0.4, 0.5) is 11.6 Å². The molecule has 0 aliphatic carbocycles. The molecule has 1 atom stereocenters. The first kappa shape index (κ1) is 19.8. The quantitative estimate of drug-likeness (QED) is 0.632. The molecule has 0 aliphatic heterocycles. The Bertz CT molecular complexity index is 1080. The molecule has 2 N–H and O–H groups in total. The highest BCUT2D eigenvalue weighted by Gasteiger charge is 2.20. The molecule has 1 amide bonds. The summed E-state index contributed by atoms with van der Waals surface area (Å²) in [5, 5.41) is 7.29. The zero-order valence-corrected chi connectivity index (χ0v) is 16.6. The van der Waals surface area contributed by atoms with Crippen LogP contribution in [0.15, 0.2) is 53.8 Å². The number of hydrogen-bond donors (Lipinski definition) is 2. The maximum atomic E-state index is 12.4. The van der Waals surface area contributed by atoms with Gasteiger partial charge in [-0.15, -0.1) is 0 Å². The number of hydrogen-bond acceptors (Lipinski definition) is 6. The molecule has 28 heavy (non-hydrogen) atoms. The molecule has 3 aromatic rings. The van der Waals surface area contributed by atoms with Crippen molar-refractivity contribution in [2.45, 2.75) is 24.8 Å². The van der Waals surface area contributed by atoms with Gasteiger partial charge in [0.1, 0.15) is 6.04 Å². The minimum atomic E-state index is -3.84. The van der Waals surface area contributed by atoms with Gasteiger partial charge in [0.05, 0.1) is 21.8 Å². The van der Waals surface area contributed by atoms with E-state index in [1.165, 1.54) is 47.5 Å². The average molecular weight is 421 g/mol. The van der Waals surface area contributed by atoms with Crippen LogP contribution in [0.2, 0.25) is 5.02 Å². The Balaban J connectivity index is 1.70. The van der Waals surface area contributed by atoms with Crippen LogP contribution in [0.5, 0.6) is 0 Å². The molecule has 0 radical (unpaired) electrons. The van der Waals surface area contributed by atoms with Crippen LogP contribution in [0, 0.1) is 6.92 Å². The van der Waals surface area contributed by atoms with E-state index in [-0.39, 0.29) is 16.8 Å². The average Bonchev–Trinajstić information content (AvgIpc) is 3.01. The van der Waals surface area contributed by atoms with Crippen LogP contribution in [-0.2, 0) is 14.8 Å². The smallest absolute Gasteiger partial charge is 0.264 e. The van der Waals surface area contributed by atoms with E-state index in [9.17, 15) is 13.2 Å². The fraction of sp³-hybridized carbons (Fsp3) is 0.176. The van der Waals surface area contributed by atoms with E-state index in [4.69, 9.17) is 11.6 Å². The first-order valence-electron chi connectivity index (χ1n) is 8.18. The lowest BCUT2D eigenvalue weighted by Gasteiger charge is -2.15. The van der Waals surface area contributed by atoms with E-state index in [0.29, 0.717) is 16.4 Å². The molecular weight excluding hydrogens is 404 g/mol. The van der Waals surface area contributed by atoms with E-state index < -0.39 is 16.1 Å². The fourth-order valence-electron chi connectivity index (χ4n) is 2.40. The van der Waals surface area contributed by atoms with Crippen LogP contribution in [0.3, 0.4) is 0 Å². The number of carbonyl (C=O) groups is 1. The lowest BCUT2D eigenvalue weighted by molar-refractivity contribution is -0.119. The summed E-state index contributed by atoms with van der Waals surface area (Å²) in [4.78, 5) is 20.1. The van der Waals surface area contributed by atoms with Crippen molar-refractivity contribution in [3.05, 3.63) is 59.6 Å². The van der Waals surface area contributed by atoms with Crippen molar-refractivity contribution in [1.82, 2.24) is 19.7 Å². The van der Waals surface area contributed by atoms with Crippen LogP contribution < -0.4 is 10.0 Å². The summed E-state index contributed by atoms with van der Waals surface area (Å²) in [7, 11) is -3.84. The van der Waals surface area contributed by atoms with Gasteiger partial charge in [-0.2, -0.15) is 5.10 Å². The van der Waals surface area contributed by atoms with Crippen LogP contribution >= 0.6 is 11.6 Å². The van der Waals surface area contributed by atoms with Gasteiger partial charge in [-0.25, -0.2) is 23.1 Å². The number of aromatic nitrogens is 4. The molecule has 0 saturated heterocycles. The molecule has 2 aromatic heterocycles. The van der Waals surface area contributed by atoms with Gasteiger partial charge in [-0.1, -0.05) is 11.6 Å². The van der Waals surface area contributed by atoms with Gasteiger partial charge < -0.3 is 5.32 Å². The SMILES string of the molecule is Cc1c(Cl)cnn1C(C)C(=O)Nc1ccc(S(=O)(=O)Nc2ncccn2)cc1. The number of nitrogens with zero attached hydrogens (tertiary/aromatic N) is 4. The van der Waals surface area contributed by atoms with E-state index in [1.807, 2.05) is 0 Å². The zero-order valence-electron chi connectivity index (χ0n) is 15.0. The van der Waals surface area contributed by atoms with Crippen molar-refractivity contribution in [3.63, 3.8) is 0 Å². The first-order chi connectivity index (χ1) is 13.3. The first-order valence-corrected chi connectivity index (χ1v) is 10.0. The van der Waals surface area contributed by atoms with Gasteiger partial charge in [0, 0.05) is 18.1 Å². The Morgan fingerprint density at radius 3 is 2.39 bits per heavy atom. The molecule has 0 saturated carbocycles. The normalized spacial score (nSPS) is 12.4. The monoisotopic (exact) mass is 420 g/mol. The predicted octanol–water partition coefficient (Wildman–Crippen LogP) is 2.64. The molecule has 0 fully saturated rings. The largest absolute Gasteiger partial charge is 0.324 e. The Labute approximate surface area is 166 Å². The molecular formula is C17H17ClN6O3S. The van der Waals surface area contributed by atoms with E-state index in [2.05, 4.69) is 25.1 Å². The molecule has 146 valence electrons. The van der Waals surface area contributed by atoms with Gasteiger partial charge in [0.25, 0.3) is 10.0 Å². The number of benzene rings is 1. The third-order valence-electron chi connectivity index (χ3n) is 3.95. The minimum absolute atomic E-state index is 0.0145. The van der Waals surface area contributed by atoms with Crippen molar-refractivity contribution >= 4 is 39.2 Å². The van der Waals surface area contributed by atoms with E-state index in [1.54, 1.807) is 19.9 Å². The van der Waals surface area contributed by atoms with Crippen molar-refractivity contribution < 1.29 is 13.2 Å². The summed E-state index contributed by atoms with van der Waals surface area (Å²) < 4.78 is 28.5. The van der Waals surface area contributed by atoms with E-state index in [0.717, 1.165) is 0 Å². The second-order valence-corrected chi connectivity index (χ2v) is 7.98. The fourth-order valence-corrected chi connectivity index (χ4v) is 3.49. The van der Waals surface area contributed by atoms with Gasteiger partial charge in [0.2, 0.25) is 11.9 Å². The molecule has 9 nitrogen and oxygen atoms in total. The van der Waals surface area contributed by atoms with Crippen LogP contribution in [-0.4, -0.2) is 34.1 Å². The summed E-state index contributed by atoms with van der Waals surface area (Å²) in [5.41, 5.74) is 1.13. The van der Waals surface area contributed by atoms with Gasteiger partial charge in [0.15, 0.2) is 0 Å². The summed E-state index contributed by atoms with van der Waals surface area (Å²) in [5.74, 6) is -0.337. The number of rotatable bonds is 6. The third-order valence-corrected chi connectivity index (χ3v) is 5.67. The molecule has 11 heteroatoms. The highest BCUT2D eigenvalue weighted by atomic mass is 35.5. The lowest BCUT2D eigenvalue weighted by Crippen LogP contribution is -2.25. The molecule has 1 aromatic carbocycles. The molecule has 1 unspecified atom stereocenters. The van der Waals surface area contributed by atoms with Crippen LogP contribution in [0.25, 0.3) is 0 Å². The lowest BCUT2D eigenvalue weighted by atomic mass is 10.2. The summed E-state index contributed by atoms with van der Waals surface area (Å²) >= 11 is 5.97. The van der Waals surface area contributed by atoms with Gasteiger partial charge >= 0.3 is 0 Å². The van der Waals surface area contributed by atoms with E-state index >= 15 is 0 Å². The summed E-state index contributed by atoms with van der Waals surface area (Å²) in [6.45, 7) is 3.45. The number of carbonyl (C=O) groups excluding carboxylic acids is 1. The highest BCUT2D eigenvalue weighted by Crippen LogP contribution is 2.20. The molecule has 2 heterocycles. The third kappa shape index (κ3) is 4.29.